The van der Waals surface area contributed by atoms with Crippen molar-refractivity contribution in [2.24, 2.45) is 0 Å². The topological polar surface area (TPSA) is 63.7 Å². The zero-order valence-electron chi connectivity index (χ0n) is 14.2. The van der Waals surface area contributed by atoms with Crippen molar-refractivity contribution in [2.45, 2.75) is 32.2 Å². The fourth-order valence-electron chi connectivity index (χ4n) is 3.26. The van der Waals surface area contributed by atoms with Gasteiger partial charge in [0, 0.05) is 23.2 Å². The largest absolute Gasteiger partial charge is 0.488 e. The summed E-state index contributed by atoms with van der Waals surface area (Å²) < 4.78 is 29.3. The number of halogens is 1. The molecular formula is C18H22ClNO4S. The van der Waals surface area contributed by atoms with Crippen LogP contribution in [-0.4, -0.2) is 49.9 Å². The second kappa shape index (κ2) is 7.38. The fourth-order valence-corrected chi connectivity index (χ4v) is 5.17. The summed E-state index contributed by atoms with van der Waals surface area (Å²) in [7, 11) is -3.05. The maximum Gasteiger partial charge on any atom is 0.253 e. The smallest absolute Gasteiger partial charge is 0.253 e. The Bertz CT molecular complexity index is 803. The summed E-state index contributed by atoms with van der Waals surface area (Å²) in [5.41, 5.74) is 1.31. The van der Waals surface area contributed by atoms with Gasteiger partial charge in [0.1, 0.15) is 12.4 Å². The summed E-state index contributed by atoms with van der Waals surface area (Å²) >= 11 is 6.02. The third-order valence-corrected chi connectivity index (χ3v) is 6.61. The molecule has 1 amide bonds. The number of hydrogen-bond donors (Lipinski definition) is 0. The molecule has 1 fully saturated rings. The van der Waals surface area contributed by atoms with Crippen molar-refractivity contribution in [3.05, 3.63) is 34.4 Å². The highest BCUT2D eigenvalue weighted by Crippen LogP contribution is 2.30. The van der Waals surface area contributed by atoms with E-state index in [1.54, 1.807) is 29.2 Å². The lowest BCUT2D eigenvalue weighted by Crippen LogP contribution is -2.43. The van der Waals surface area contributed by atoms with E-state index in [0.717, 1.165) is 18.4 Å². The van der Waals surface area contributed by atoms with E-state index < -0.39 is 9.84 Å². The Morgan fingerprint density at radius 1 is 1.40 bits per heavy atom. The minimum absolute atomic E-state index is 0.0546. The number of amides is 1. The molecule has 0 saturated carbocycles. The summed E-state index contributed by atoms with van der Waals surface area (Å²) in [6, 6.07) is 5.05. The Balaban J connectivity index is 1.85. The van der Waals surface area contributed by atoms with Crippen LogP contribution in [-0.2, 0) is 14.6 Å². The molecule has 136 valence electrons. The van der Waals surface area contributed by atoms with Crippen molar-refractivity contribution < 1.29 is 17.9 Å². The van der Waals surface area contributed by atoms with Crippen molar-refractivity contribution >= 4 is 33.4 Å². The molecule has 1 unspecified atom stereocenters. The quantitative estimate of drug-likeness (QED) is 0.784. The van der Waals surface area contributed by atoms with E-state index in [-0.39, 0.29) is 30.1 Å². The van der Waals surface area contributed by atoms with Gasteiger partial charge in [0.15, 0.2) is 9.84 Å². The summed E-state index contributed by atoms with van der Waals surface area (Å²) in [5, 5.41) is 0.581. The van der Waals surface area contributed by atoms with Crippen LogP contribution in [0.15, 0.2) is 23.8 Å². The first-order chi connectivity index (χ1) is 11.9. The molecule has 7 heteroatoms. The molecule has 0 N–H and O–H groups in total. The van der Waals surface area contributed by atoms with E-state index in [2.05, 4.69) is 6.92 Å². The number of sulfone groups is 1. The van der Waals surface area contributed by atoms with Gasteiger partial charge in [-0.3, -0.25) is 4.79 Å². The molecule has 2 aliphatic heterocycles. The molecule has 3 rings (SSSR count). The summed E-state index contributed by atoms with van der Waals surface area (Å²) in [6.07, 6.45) is 4.10. The van der Waals surface area contributed by atoms with Crippen molar-refractivity contribution in [2.75, 3.05) is 24.7 Å². The van der Waals surface area contributed by atoms with Crippen LogP contribution in [0.4, 0.5) is 0 Å². The highest BCUT2D eigenvalue weighted by Gasteiger charge is 2.35. The van der Waals surface area contributed by atoms with Crippen LogP contribution in [0.1, 0.15) is 31.7 Å². The third kappa shape index (κ3) is 4.18. The lowest BCUT2D eigenvalue weighted by molar-refractivity contribution is -0.129. The number of ether oxygens (including phenoxy) is 1. The molecule has 1 aromatic rings. The number of hydrogen-bond acceptors (Lipinski definition) is 4. The first-order valence-electron chi connectivity index (χ1n) is 8.54. The number of benzene rings is 1. The van der Waals surface area contributed by atoms with Gasteiger partial charge in [0.25, 0.3) is 5.91 Å². The SMILES string of the molecule is CCCCN(C(=O)C1=Cc2cc(Cl)ccc2OC1)C1CCS(=O)(=O)C1. The molecular weight excluding hydrogens is 362 g/mol. The number of rotatable bonds is 5. The summed E-state index contributed by atoms with van der Waals surface area (Å²) in [6.45, 7) is 2.81. The van der Waals surface area contributed by atoms with Gasteiger partial charge >= 0.3 is 0 Å². The van der Waals surface area contributed by atoms with E-state index in [0.29, 0.717) is 29.3 Å². The average molecular weight is 384 g/mol. The average Bonchev–Trinajstić information content (AvgIpc) is 2.94. The molecule has 2 heterocycles. The normalized spacial score (nSPS) is 21.2. The van der Waals surface area contributed by atoms with Gasteiger partial charge in [-0.2, -0.15) is 0 Å². The number of carbonyl (C=O) groups is 1. The molecule has 0 aromatic heterocycles. The summed E-state index contributed by atoms with van der Waals surface area (Å²) in [5.74, 6) is 0.770. The van der Waals surface area contributed by atoms with Crippen LogP contribution >= 0.6 is 11.6 Å². The van der Waals surface area contributed by atoms with Gasteiger partial charge in [-0.25, -0.2) is 8.42 Å². The third-order valence-electron chi connectivity index (χ3n) is 4.62. The van der Waals surface area contributed by atoms with E-state index >= 15 is 0 Å². The maximum atomic E-state index is 13.0. The van der Waals surface area contributed by atoms with Crippen molar-refractivity contribution in [3.8, 4) is 5.75 Å². The fraction of sp³-hybridized carbons (Fsp3) is 0.500. The number of fused-ring (bicyclic) bond motifs is 1. The Kier molecular flexibility index (Phi) is 5.39. The second-order valence-corrected chi connectivity index (χ2v) is 9.21. The van der Waals surface area contributed by atoms with Gasteiger partial charge in [-0.15, -0.1) is 0 Å². The van der Waals surface area contributed by atoms with Crippen LogP contribution < -0.4 is 4.74 Å². The zero-order valence-corrected chi connectivity index (χ0v) is 15.8. The van der Waals surface area contributed by atoms with Gasteiger partial charge < -0.3 is 9.64 Å². The second-order valence-electron chi connectivity index (χ2n) is 6.55. The zero-order chi connectivity index (χ0) is 18.0. The predicted octanol–water partition coefficient (Wildman–Crippen LogP) is 2.93. The highest BCUT2D eigenvalue weighted by atomic mass is 35.5. The monoisotopic (exact) mass is 383 g/mol. The molecule has 5 nitrogen and oxygen atoms in total. The van der Waals surface area contributed by atoms with Crippen LogP contribution in [0.3, 0.4) is 0 Å². The lowest BCUT2D eigenvalue weighted by Gasteiger charge is -2.30. The van der Waals surface area contributed by atoms with E-state index in [4.69, 9.17) is 16.3 Å². The Morgan fingerprint density at radius 3 is 2.88 bits per heavy atom. The molecule has 0 aliphatic carbocycles. The maximum absolute atomic E-state index is 13.0. The molecule has 1 atom stereocenters. The van der Waals surface area contributed by atoms with E-state index in [1.807, 2.05) is 0 Å². The first-order valence-corrected chi connectivity index (χ1v) is 10.7. The Morgan fingerprint density at radius 2 is 2.20 bits per heavy atom. The molecule has 0 radical (unpaired) electrons. The van der Waals surface area contributed by atoms with Gasteiger partial charge in [0.05, 0.1) is 17.1 Å². The molecule has 25 heavy (non-hydrogen) atoms. The van der Waals surface area contributed by atoms with Crippen LogP contribution in [0.2, 0.25) is 5.02 Å². The van der Waals surface area contributed by atoms with Crippen molar-refractivity contribution in [1.82, 2.24) is 4.90 Å². The van der Waals surface area contributed by atoms with Crippen molar-refractivity contribution in [3.63, 3.8) is 0 Å². The van der Waals surface area contributed by atoms with Crippen LogP contribution in [0.5, 0.6) is 5.75 Å². The first kappa shape index (κ1) is 18.3. The minimum atomic E-state index is -3.05. The molecule has 1 aromatic carbocycles. The molecule has 0 bridgehead atoms. The van der Waals surface area contributed by atoms with Crippen LogP contribution in [0, 0.1) is 0 Å². The highest BCUT2D eigenvalue weighted by molar-refractivity contribution is 7.91. The number of carbonyl (C=O) groups excluding carboxylic acids is 1. The Labute approximate surface area is 153 Å². The molecule has 2 aliphatic rings. The molecule has 0 spiro atoms. The number of nitrogens with zero attached hydrogens (tertiary/aromatic N) is 1. The van der Waals surface area contributed by atoms with Crippen molar-refractivity contribution in [1.29, 1.82) is 0 Å². The minimum Gasteiger partial charge on any atom is -0.488 e. The standard InChI is InChI=1S/C18H22ClNO4S/c1-2-3-7-20(16-6-8-25(22,23)12-16)18(21)14-9-13-10-15(19)4-5-17(13)24-11-14/h4-5,9-10,16H,2-3,6-8,11-12H2,1H3. The Hall–Kier alpha value is -1.53. The molecule has 1 saturated heterocycles. The van der Waals surface area contributed by atoms with E-state index in [1.165, 1.54) is 0 Å². The van der Waals surface area contributed by atoms with Gasteiger partial charge in [-0.05, 0) is 37.1 Å². The predicted molar refractivity (Wildman–Crippen MR) is 98.6 cm³/mol. The van der Waals surface area contributed by atoms with Crippen LogP contribution in [0.25, 0.3) is 6.08 Å². The van der Waals surface area contributed by atoms with Gasteiger partial charge in [0.2, 0.25) is 0 Å². The van der Waals surface area contributed by atoms with E-state index in [9.17, 15) is 13.2 Å². The number of unbranched alkanes of at least 4 members (excludes halogenated alkanes) is 1. The summed E-state index contributed by atoms with van der Waals surface area (Å²) in [4.78, 5) is 14.8. The van der Waals surface area contributed by atoms with Gasteiger partial charge in [-0.1, -0.05) is 24.9 Å². The lowest BCUT2D eigenvalue weighted by atomic mass is 10.0.